The molecule has 4 heterocycles. The van der Waals surface area contributed by atoms with Crippen molar-refractivity contribution in [3.05, 3.63) is 58.8 Å². The summed E-state index contributed by atoms with van der Waals surface area (Å²) < 4.78 is 44.7. The highest BCUT2D eigenvalue weighted by molar-refractivity contribution is 6.30. The molecule has 0 amide bonds. The average molecular weight is 530 g/mol. The lowest BCUT2D eigenvalue weighted by Crippen LogP contribution is -2.62. The van der Waals surface area contributed by atoms with E-state index in [1.54, 1.807) is 0 Å². The van der Waals surface area contributed by atoms with E-state index in [1.165, 1.54) is 18.3 Å². The van der Waals surface area contributed by atoms with Crippen molar-refractivity contribution in [3.8, 4) is 17.5 Å². The number of rotatable bonds is 4. The maximum Gasteiger partial charge on any atom is 0.573 e. The van der Waals surface area contributed by atoms with Crippen molar-refractivity contribution in [2.75, 3.05) is 18.0 Å². The molecular weight excluding hydrogens is 507 g/mol. The number of ether oxygens (including phenoxy) is 1. The van der Waals surface area contributed by atoms with Gasteiger partial charge in [-0.25, -0.2) is 4.98 Å². The summed E-state index contributed by atoms with van der Waals surface area (Å²) in [5.41, 5.74) is 1.97. The molecule has 3 aromatic rings. The van der Waals surface area contributed by atoms with Crippen molar-refractivity contribution in [2.24, 2.45) is 5.41 Å². The summed E-state index contributed by atoms with van der Waals surface area (Å²) in [6, 6.07) is 10.5. The van der Waals surface area contributed by atoms with Crippen molar-refractivity contribution < 1.29 is 17.9 Å². The topological polar surface area (TPSA) is 83.1 Å². The molecule has 1 saturated carbocycles. The highest BCUT2D eigenvalue weighted by Gasteiger charge is 2.55. The van der Waals surface area contributed by atoms with E-state index in [9.17, 15) is 18.4 Å². The van der Waals surface area contributed by atoms with E-state index < -0.39 is 6.36 Å². The van der Waals surface area contributed by atoms with Crippen LogP contribution in [0.4, 0.5) is 19.0 Å². The zero-order valence-electron chi connectivity index (χ0n) is 19.9. The van der Waals surface area contributed by atoms with Gasteiger partial charge in [-0.2, -0.15) is 5.26 Å². The van der Waals surface area contributed by atoms with Gasteiger partial charge < -0.3 is 9.64 Å². The van der Waals surface area contributed by atoms with Crippen LogP contribution in [0.15, 0.2) is 36.5 Å². The van der Waals surface area contributed by atoms with E-state index in [4.69, 9.17) is 11.6 Å². The monoisotopic (exact) mass is 529 g/mol. The lowest BCUT2D eigenvalue weighted by atomic mass is 9.57. The molecule has 1 atom stereocenters. The molecule has 1 unspecified atom stereocenters. The number of fused-ring (bicyclic) bond motifs is 3. The lowest BCUT2D eigenvalue weighted by Gasteiger charge is -2.59. The number of halogens is 4. The number of nitriles is 1. The zero-order chi connectivity index (χ0) is 25.9. The standard InChI is InChI=1S/C25H23ClF3N7O/c1-15(10-30)34-11-16-7-18(26)4-5-19(16)36-21(12-34)32-33-22(36)17-8-24(9-17)13-35(14-24)23-20(3-2-6-31-23)37-25(27,28)29/h2-7,15,17H,8-9,11-14H2,1H3. The van der Waals surface area contributed by atoms with Crippen LogP contribution >= 0.6 is 11.6 Å². The summed E-state index contributed by atoms with van der Waals surface area (Å²) >= 11 is 6.30. The minimum Gasteiger partial charge on any atom is -0.402 e. The summed E-state index contributed by atoms with van der Waals surface area (Å²) in [6.45, 7) is 4.14. The molecule has 192 valence electrons. The molecule has 3 aliphatic rings. The number of nitrogens with zero attached hydrogens (tertiary/aromatic N) is 7. The fraction of sp³-hybridized carbons (Fsp3) is 0.440. The van der Waals surface area contributed by atoms with Crippen LogP contribution < -0.4 is 9.64 Å². The van der Waals surface area contributed by atoms with Crippen molar-refractivity contribution in [3.63, 3.8) is 0 Å². The van der Waals surface area contributed by atoms with Crippen LogP contribution in [0.5, 0.6) is 5.75 Å². The number of hydrogen-bond donors (Lipinski definition) is 0. The third kappa shape index (κ3) is 4.28. The van der Waals surface area contributed by atoms with E-state index in [1.807, 2.05) is 34.9 Å². The second-order valence-electron chi connectivity index (χ2n) is 10.1. The van der Waals surface area contributed by atoms with Crippen LogP contribution in [-0.2, 0) is 13.1 Å². The Balaban J connectivity index is 1.22. The largest absolute Gasteiger partial charge is 0.573 e. The van der Waals surface area contributed by atoms with Crippen LogP contribution in [0.1, 0.15) is 42.9 Å². The normalized spacial score (nSPS) is 19.7. The van der Waals surface area contributed by atoms with Crippen molar-refractivity contribution in [1.29, 1.82) is 5.26 Å². The van der Waals surface area contributed by atoms with Crippen LogP contribution in [0.25, 0.3) is 5.69 Å². The van der Waals surface area contributed by atoms with Gasteiger partial charge in [0.15, 0.2) is 17.4 Å². The van der Waals surface area contributed by atoms with Crippen LogP contribution in [0, 0.1) is 16.7 Å². The molecule has 12 heteroatoms. The summed E-state index contributed by atoms with van der Waals surface area (Å²) in [7, 11) is 0. The predicted octanol–water partition coefficient (Wildman–Crippen LogP) is 4.83. The fourth-order valence-electron chi connectivity index (χ4n) is 5.83. The van der Waals surface area contributed by atoms with Crippen LogP contribution in [-0.4, -0.2) is 50.1 Å². The molecule has 2 fully saturated rings. The van der Waals surface area contributed by atoms with Crippen molar-refractivity contribution in [1.82, 2.24) is 24.6 Å². The average Bonchev–Trinajstić information content (AvgIpc) is 3.11. The Hall–Kier alpha value is -3.36. The molecule has 0 N–H and O–H groups in total. The second kappa shape index (κ2) is 8.60. The first-order valence-electron chi connectivity index (χ1n) is 12.0. The third-order valence-electron chi connectivity index (χ3n) is 7.54. The minimum atomic E-state index is -4.77. The summed E-state index contributed by atoms with van der Waals surface area (Å²) in [6.07, 6.45) is -1.59. The predicted molar refractivity (Wildman–Crippen MR) is 128 cm³/mol. The SMILES string of the molecule is CC(C#N)N1Cc2cc(Cl)ccc2-n2c(nnc2C2CC3(C2)CN(c2ncccc2OC(F)(F)F)C3)C1. The Bertz CT molecular complexity index is 1390. The van der Waals surface area contributed by atoms with Gasteiger partial charge in [0.05, 0.1) is 24.3 Å². The quantitative estimate of drug-likeness (QED) is 0.479. The first-order valence-corrected chi connectivity index (χ1v) is 12.3. The molecule has 1 saturated heterocycles. The number of pyridine rings is 1. The Kier molecular flexibility index (Phi) is 5.58. The van der Waals surface area contributed by atoms with Gasteiger partial charge in [-0.3, -0.25) is 9.47 Å². The van der Waals surface area contributed by atoms with Crippen molar-refractivity contribution >= 4 is 17.4 Å². The maximum absolute atomic E-state index is 12.8. The molecule has 1 aromatic carbocycles. The maximum atomic E-state index is 12.8. The van der Waals surface area contributed by atoms with Gasteiger partial charge in [-0.15, -0.1) is 23.4 Å². The van der Waals surface area contributed by atoms with Gasteiger partial charge >= 0.3 is 6.36 Å². The van der Waals surface area contributed by atoms with E-state index >= 15 is 0 Å². The second-order valence-corrected chi connectivity index (χ2v) is 10.6. The Morgan fingerprint density at radius 3 is 2.70 bits per heavy atom. The van der Waals surface area contributed by atoms with Gasteiger partial charge in [0, 0.05) is 42.2 Å². The molecule has 0 bridgehead atoms. The molecule has 8 nitrogen and oxygen atoms in total. The Morgan fingerprint density at radius 1 is 1.19 bits per heavy atom. The molecule has 2 aliphatic heterocycles. The smallest absolute Gasteiger partial charge is 0.402 e. The highest BCUT2D eigenvalue weighted by atomic mass is 35.5. The van der Waals surface area contributed by atoms with Gasteiger partial charge in [-0.05, 0) is 55.7 Å². The summed E-state index contributed by atoms with van der Waals surface area (Å²) in [5, 5.41) is 19.2. The molecule has 37 heavy (non-hydrogen) atoms. The minimum absolute atomic E-state index is 0.000995. The summed E-state index contributed by atoms with van der Waals surface area (Å²) in [4.78, 5) is 8.02. The van der Waals surface area contributed by atoms with Gasteiger partial charge in [0.1, 0.15) is 5.82 Å². The van der Waals surface area contributed by atoms with Gasteiger partial charge in [-0.1, -0.05) is 11.6 Å². The zero-order valence-corrected chi connectivity index (χ0v) is 20.7. The fourth-order valence-corrected chi connectivity index (χ4v) is 6.03. The molecular formula is C25H23ClF3N7O. The Labute approximate surface area is 216 Å². The first kappa shape index (κ1) is 24.0. The van der Waals surface area contributed by atoms with Crippen LogP contribution in [0.3, 0.4) is 0 Å². The number of benzene rings is 1. The van der Waals surface area contributed by atoms with Gasteiger partial charge in [0.2, 0.25) is 0 Å². The third-order valence-corrected chi connectivity index (χ3v) is 7.78. The molecule has 6 rings (SSSR count). The van der Waals surface area contributed by atoms with E-state index in [0.29, 0.717) is 31.2 Å². The van der Waals surface area contributed by atoms with Gasteiger partial charge in [0.25, 0.3) is 0 Å². The molecule has 1 aliphatic carbocycles. The molecule has 0 radical (unpaired) electrons. The Morgan fingerprint density at radius 2 is 1.97 bits per heavy atom. The van der Waals surface area contributed by atoms with E-state index in [-0.39, 0.29) is 28.9 Å². The van der Waals surface area contributed by atoms with Crippen molar-refractivity contribution in [2.45, 2.75) is 51.2 Å². The number of alkyl halides is 3. The number of anilines is 1. The summed E-state index contributed by atoms with van der Waals surface area (Å²) in [5.74, 6) is 1.74. The number of hydrogen-bond acceptors (Lipinski definition) is 7. The van der Waals surface area contributed by atoms with Crippen LogP contribution in [0.2, 0.25) is 5.02 Å². The first-order chi connectivity index (χ1) is 17.6. The highest BCUT2D eigenvalue weighted by Crippen LogP contribution is 2.57. The van der Waals surface area contributed by atoms with E-state index in [0.717, 1.165) is 35.7 Å². The lowest BCUT2D eigenvalue weighted by molar-refractivity contribution is -0.274. The molecule has 1 spiro atoms. The number of aromatic nitrogens is 4. The molecule has 2 aromatic heterocycles. The van der Waals surface area contributed by atoms with E-state index in [2.05, 4.69) is 30.6 Å².